The number of allylic oxidation sites excluding steroid dienone is 4. The van der Waals surface area contributed by atoms with Crippen molar-refractivity contribution in [3.8, 4) is 0 Å². The van der Waals surface area contributed by atoms with Gasteiger partial charge in [-0.2, -0.15) is 5.10 Å². The van der Waals surface area contributed by atoms with Gasteiger partial charge in [0.25, 0.3) is 0 Å². The van der Waals surface area contributed by atoms with Crippen LogP contribution < -0.4 is 0 Å². The van der Waals surface area contributed by atoms with Crippen LogP contribution >= 0.6 is 0 Å². The van der Waals surface area contributed by atoms with E-state index in [1.165, 1.54) is 16.8 Å². The van der Waals surface area contributed by atoms with Gasteiger partial charge in [0, 0.05) is 30.6 Å². The molecule has 14 heavy (non-hydrogen) atoms. The molecule has 2 aliphatic rings. The van der Waals surface area contributed by atoms with Gasteiger partial charge in [-0.15, -0.1) is 0 Å². The predicted molar refractivity (Wildman–Crippen MR) is 56.2 cm³/mol. The number of nitrogens with zero attached hydrogens (tertiary/aromatic N) is 2. The summed E-state index contributed by atoms with van der Waals surface area (Å²) >= 11 is 0. The lowest BCUT2D eigenvalue weighted by Gasteiger charge is -2.08. The summed E-state index contributed by atoms with van der Waals surface area (Å²) in [7, 11) is 2.00. The van der Waals surface area contributed by atoms with Gasteiger partial charge >= 0.3 is 0 Å². The van der Waals surface area contributed by atoms with E-state index in [2.05, 4.69) is 37.3 Å². The van der Waals surface area contributed by atoms with E-state index in [1.54, 1.807) is 5.57 Å². The van der Waals surface area contributed by atoms with Gasteiger partial charge in [-0.05, 0) is 19.4 Å². The molecule has 0 aromatic carbocycles. The van der Waals surface area contributed by atoms with E-state index in [9.17, 15) is 0 Å². The van der Waals surface area contributed by atoms with Crippen molar-refractivity contribution < 1.29 is 0 Å². The molecule has 0 fully saturated rings. The molecular weight excluding hydrogens is 172 g/mol. The maximum absolute atomic E-state index is 4.54. The molecule has 2 heteroatoms. The van der Waals surface area contributed by atoms with Crippen LogP contribution in [0.25, 0.3) is 0 Å². The van der Waals surface area contributed by atoms with Crippen LogP contribution in [0.1, 0.15) is 36.9 Å². The van der Waals surface area contributed by atoms with E-state index < -0.39 is 0 Å². The molecule has 1 heterocycles. The molecule has 0 saturated heterocycles. The maximum Gasteiger partial charge on any atom is 0.0775 e. The highest BCUT2D eigenvalue weighted by molar-refractivity contribution is 5.57. The number of aryl methyl sites for hydroxylation is 1. The summed E-state index contributed by atoms with van der Waals surface area (Å²) in [6.07, 6.45) is 6.77. The van der Waals surface area contributed by atoms with Gasteiger partial charge in [-0.1, -0.05) is 17.7 Å². The third-order valence-corrected chi connectivity index (χ3v) is 3.26. The molecular formula is C12H14N2. The fourth-order valence-electron chi connectivity index (χ4n) is 2.76. The molecule has 0 aliphatic heterocycles. The molecule has 2 bridgehead atoms. The highest BCUT2D eigenvalue weighted by atomic mass is 15.3. The van der Waals surface area contributed by atoms with Crippen molar-refractivity contribution in [3.05, 3.63) is 40.8 Å². The topological polar surface area (TPSA) is 17.8 Å². The highest BCUT2D eigenvalue weighted by Crippen LogP contribution is 2.52. The zero-order valence-electron chi connectivity index (χ0n) is 8.78. The highest BCUT2D eigenvalue weighted by Gasteiger charge is 2.40. The molecule has 0 saturated carbocycles. The average molecular weight is 186 g/mol. The number of hydrogen-bond donors (Lipinski definition) is 0. The Kier molecular flexibility index (Phi) is 1.37. The molecule has 2 nitrogen and oxygen atoms in total. The first-order valence-corrected chi connectivity index (χ1v) is 5.07. The van der Waals surface area contributed by atoms with E-state index in [-0.39, 0.29) is 0 Å². The van der Waals surface area contributed by atoms with E-state index in [0.29, 0.717) is 11.8 Å². The summed E-state index contributed by atoms with van der Waals surface area (Å²) < 4.78 is 1.93. The standard InChI is InChI=1S/C12H14N2/c1-7(2)11-8-4-5-9(11)12-10(8)6-14(3)13-12/h4-6,8-9H,1-3H3. The summed E-state index contributed by atoms with van der Waals surface area (Å²) in [6.45, 7) is 4.41. The van der Waals surface area contributed by atoms with Crippen LogP contribution in [0.5, 0.6) is 0 Å². The van der Waals surface area contributed by atoms with Crippen LogP contribution in [-0.2, 0) is 7.05 Å². The first kappa shape index (κ1) is 8.04. The second kappa shape index (κ2) is 2.38. The monoisotopic (exact) mass is 186 g/mol. The van der Waals surface area contributed by atoms with E-state index >= 15 is 0 Å². The van der Waals surface area contributed by atoms with Gasteiger partial charge in [0.1, 0.15) is 0 Å². The Hall–Kier alpha value is -1.31. The van der Waals surface area contributed by atoms with Gasteiger partial charge < -0.3 is 0 Å². The van der Waals surface area contributed by atoms with Crippen molar-refractivity contribution in [1.82, 2.24) is 9.78 Å². The number of rotatable bonds is 0. The third kappa shape index (κ3) is 0.788. The van der Waals surface area contributed by atoms with Crippen molar-refractivity contribution in [3.63, 3.8) is 0 Å². The summed E-state index contributed by atoms with van der Waals surface area (Å²) in [5.41, 5.74) is 5.70. The Morgan fingerprint density at radius 1 is 1.29 bits per heavy atom. The lowest BCUT2D eigenvalue weighted by atomic mass is 9.97. The molecule has 0 radical (unpaired) electrons. The number of fused-ring (bicyclic) bond motifs is 5. The van der Waals surface area contributed by atoms with Gasteiger partial charge in [0.05, 0.1) is 5.69 Å². The van der Waals surface area contributed by atoms with E-state index in [4.69, 9.17) is 0 Å². The molecule has 2 unspecified atom stereocenters. The summed E-state index contributed by atoms with van der Waals surface area (Å²) in [4.78, 5) is 0. The quantitative estimate of drug-likeness (QED) is 0.569. The molecule has 72 valence electrons. The zero-order chi connectivity index (χ0) is 9.87. The predicted octanol–water partition coefficient (Wildman–Crippen LogP) is 2.51. The van der Waals surface area contributed by atoms with Gasteiger partial charge in [-0.25, -0.2) is 0 Å². The molecule has 2 aliphatic carbocycles. The Bertz CT molecular complexity index is 425. The van der Waals surface area contributed by atoms with Crippen LogP contribution in [0.2, 0.25) is 0 Å². The third-order valence-electron chi connectivity index (χ3n) is 3.26. The van der Waals surface area contributed by atoms with Gasteiger partial charge in [0.15, 0.2) is 0 Å². The molecule has 0 spiro atoms. The van der Waals surface area contributed by atoms with Crippen molar-refractivity contribution in [2.24, 2.45) is 7.05 Å². The Balaban J connectivity index is 2.22. The second-order valence-corrected chi connectivity index (χ2v) is 4.44. The van der Waals surface area contributed by atoms with Crippen molar-refractivity contribution in [2.75, 3.05) is 0 Å². The van der Waals surface area contributed by atoms with Crippen LogP contribution in [-0.4, -0.2) is 9.78 Å². The summed E-state index contributed by atoms with van der Waals surface area (Å²) in [6, 6.07) is 0. The Morgan fingerprint density at radius 2 is 2.00 bits per heavy atom. The average Bonchev–Trinajstić information content (AvgIpc) is 2.69. The largest absolute Gasteiger partial charge is 0.275 e. The smallest absolute Gasteiger partial charge is 0.0775 e. The van der Waals surface area contributed by atoms with Crippen molar-refractivity contribution in [1.29, 1.82) is 0 Å². The minimum absolute atomic E-state index is 0.473. The first-order chi connectivity index (χ1) is 6.68. The lowest BCUT2D eigenvalue weighted by Crippen LogP contribution is -1.97. The Morgan fingerprint density at radius 3 is 2.64 bits per heavy atom. The maximum atomic E-state index is 4.54. The van der Waals surface area contributed by atoms with Crippen molar-refractivity contribution >= 4 is 0 Å². The van der Waals surface area contributed by atoms with Crippen LogP contribution in [0, 0.1) is 0 Å². The van der Waals surface area contributed by atoms with Gasteiger partial charge in [0.2, 0.25) is 0 Å². The Labute approximate surface area is 83.9 Å². The molecule has 0 N–H and O–H groups in total. The van der Waals surface area contributed by atoms with Crippen LogP contribution in [0.3, 0.4) is 0 Å². The zero-order valence-corrected chi connectivity index (χ0v) is 8.78. The van der Waals surface area contributed by atoms with Gasteiger partial charge in [-0.3, -0.25) is 4.68 Å². The van der Waals surface area contributed by atoms with Crippen molar-refractivity contribution in [2.45, 2.75) is 25.7 Å². The fourth-order valence-corrected chi connectivity index (χ4v) is 2.76. The lowest BCUT2D eigenvalue weighted by molar-refractivity contribution is 0.735. The minimum atomic E-state index is 0.473. The minimum Gasteiger partial charge on any atom is -0.275 e. The molecule has 1 aromatic rings. The summed E-state index contributed by atoms with van der Waals surface area (Å²) in [5.74, 6) is 0.995. The molecule has 3 rings (SSSR count). The SMILES string of the molecule is CC(C)=C1C2C=CC1c1nn(C)cc12. The first-order valence-electron chi connectivity index (χ1n) is 5.07. The van der Waals surface area contributed by atoms with Crippen LogP contribution in [0.4, 0.5) is 0 Å². The summed E-state index contributed by atoms with van der Waals surface area (Å²) in [5, 5.41) is 4.54. The number of aromatic nitrogens is 2. The molecule has 0 amide bonds. The van der Waals surface area contributed by atoms with E-state index in [0.717, 1.165) is 0 Å². The second-order valence-electron chi connectivity index (χ2n) is 4.44. The van der Waals surface area contributed by atoms with E-state index in [1.807, 2.05) is 11.7 Å². The fraction of sp³-hybridized carbons (Fsp3) is 0.417. The number of hydrogen-bond acceptors (Lipinski definition) is 1. The molecule has 2 atom stereocenters. The normalized spacial score (nSPS) is 27.2. The van der Waals surface area contributed by atoms with Crippen LogP contribution in [0.15, 0.2) is 29.5 Å². The molecule has 1 aromatic heterocycles.